The van der Waals surface area contributed by atoms with Crippen molar-refractivity contribution in [3.8, 4) is 0 Å². The molecule has 2 rings (SSSR count). The second kappa shape index (κ2) is 6.93. The van der Waals surface area contributed by atoms with E-state index >= 15 is 0 Å². The topological polar surface area (TPSA) is 106 Å². The standard InChI is InChI=1S/C12H16N6O2S/c1-3-8-5-14-10(21-8)7-15-11-9(18(19)20)6-16-12(17-11)13-4-2/h5-6H,3-4,7H2,1-2H3,(H2,13,15,16,17). The SMILES string of the molecule is CCNc1ncc([N+](=O)[O-])c(NCc2ncc(CC)s2)n1. The molecule has 21 heavy (non-hydrogen) atoms. The molecule has 0 saturated carbocycles. The number of nitrogens with one attached hydrogen (secondary N) is 2. The normalized spacial score (nSPS) is 10.4. The first-order valence-corrected chi connectivity index (χ1v) is 7.38. The number of aromatic nitrogens is 3. The minimum atomic E-state index is -0.503. The van der Waals surface area contributed by atoms with Gasteiger partial charge in [0.1, 0.15) is 11.2 Å². The van der Waals surface area contributed by atoms with Gasteiger partial charge in [0, 0.05) is 17.6 Å². The number of rotatable bonds is 7. The Kier molecular flexibility index (Phi) is 4.99. The van der Waals surface area contributed by atoms with Gasteiger partial charge in [-0.25, -0.2) is 9.97 Å². The van der Waals surface area contributed by atoms with Gasteiger partial charge in [0.05, 0.1) is 11.5 Å². The molecule has 9 heteroatoms. The van der Waals surface area contributed by atoms with Gasteiger partial charge in [0.25, 0.3) is 0 Å². The minimum absolute atomic E-state index is 0.149. The first kappa shape index (κ1) is 15.1. The molecule has 0 aromatic carbocycles. The highest BCUT2D eigenvalue weighted by Crippen LogP contribution is 2.23. The summed E-state index contributed by atoms with van der Waals surface area (Å²) in [5.74, 6) is 0.554. The van der Waals surface area contributed by atoms with Gasteiger partial charge in [0.2, 0.25) is 11.8 Å². The third kappa shape index (κ3) is 3.85. The molecule has 0 spiro atoms. The smallest absolute Gasteiger partial charge is 0.329 e. The lowest BCUT2D eigenvalue weighted by Gasteiger charge is -2.06. The van der Waals surface area contributed by atoms with Crippen molar-refractivity contribution in [2.24, 2.45) is 0 Å². The van der Waals surface area contributed by atoms with Gasteiger partial charge in [-0.05, 0) is 13.3 Å². The van der Waals surface area contributed by atoms with Gasteiger partial charge in [-0.3, -0.25) is 10.1 Å². The summed E-state index contributed by atoms with van der Waals surface area (Å²) >= 11 is 1.58. The number of aryl methyl sites for hydroxylation is 1. The van der Waals surface area contributed by atoms with E-state index in [0.717, 1.165) is 11.4 Å². The van der Waals surface area contributed by atoms with Crippen molar-refractivity contribution in [2.75, 3.05) is 17.2 Å². The maximum atomic E-state index is 11.0. The number of hydrogen-bond acceptors (Lipinski definition) is 8. The largest absolute Gasteiger partial charge is 0.358 e. The fourth-order valence-corrected chi connectivity index (χ4v) is 2.44. The highest BCUT2D eigenvalue weighted by molar-refractivity contribution is 7.11. The molecular formula is C12H16N6O2S. The Hall–Kier alpha value is -2.29. The molecule has 0 radical (unpaired) electrons. The molecule has 112 valence electrons. The van der Waals surface area contributed by atoms with Crippen LogP contribution in [0.1, 0.15) is 23.7 Å². The van der Waals surface area contributed by atoms with E-state index in [1.54, 1.807) is 11.3 Å². The summed E-state index contributed by atoms with van der Waals surface area (Å²) in [7, 11) is 0. The molecule has 0 aliphatic carbocycles. The van der Waals surface area contributed by atoms with Crippen molar-refractivity contribution < 1.29 is 4.92 Å². The lowest BCUT2D eigenvalue weighted by molar-refractivity contribution is -0.384. The predicted octanol–water partition coefficient (Wildman–Crippen LogP) is 2.45. The van der Waals surface area contributed by atoms with Crippen LogP contribution in [-0.2, 0) is 13.0 Å². The Morgan fingerprint density at radius 2 is 2.10 bits per heavy atom. The Morgan fingerprint density at radius 3 is 2.71 bits per heavy atom. The second-order valence-electron chi connectivity index (χ2n) is 4.14. The quantitative estimate of drug-likeness (QED) is 0.597. The van der Waals surface area contributed by atoms with Crippen molar-refractivity contribution in [1.82, 2.24) is 15.0 Å². The van der Waals surface area contributed by atoms with Crippen LogP contribution in [0.2, 0.25) is 0 Å². The molecule has 2 heterocycles. The van der Waals surface area contributed by atoms with Gasteiger partial charge in [-0.15, -0.1) is 11.3 Å². The van der Waals surface area contributed by atoms with Crippen LogP contribution in [-0.4, -0.2) is 26.4 Å². The molecule has 2 N–H and O–H groups in total. The number of anilines is 2. The Morgan fingerprint density at radius 1 is 1.29 bits per heavy atom. The highest BCUT2D eigenvalue weighted by Gasteiger charge is 2.17. The number of thiazole rings is 1. The average Bonchev–Trinajstić information content (AvgIpc) is 2.93. The van der Waals surface area contributed by atoms with Crippen LogP contribution in [0.4, 0.5) is 17.5 Å². The molecule has 0 aliphatic heterocycles. The van der Waals surface area contributed by atoms with E-state index in [0.29, 0.717) is 19.0 Å². The number of hydrogen-bond donors (Lipinski definition) is 2. The minimum Gasteiger partial charge on any atom is -0.358 e. The summed E-state index contributed by atoms with van der Waals surface area (Å²) in [6, 6.07) is 0. The molecule has 0 atom stereocenters. The highest BCUT2D eigenvalue weighted by atomic mass is 32.1. The van der Waals surface area contributed by atoms with Crippen LogP contribution in [0.25, 0.3) is 0 Å². The van der Waals surface area contributed by atoms with Crippen LogP contribution in [0.15, 0.2) is 12.4 Å². The van der Waals surface area contributed by atoms with Gasteiger partial charge in [0.15, 0.2) is 0 Å². The van der Waals surface area contributed by atoms with E-state index in [9.17, 15) is 10.1 Å². The Bertz CT molecular complexity index is 630. The fourth-order valence-electron chi connectivity index (χ4n) is 1.63. The van der Waals surface area contributed by atoms with Crippen LogP contribution in [0.5, 0.6) is 0 Å². The molecule has 2 aromatic rings. The predicted molar refractivity (Wildman–Crippen MR) is 81.7 cm³/mol. The van der Waals surface area contributed by atoms with Crippen LogP contribution >= 0.6 is 11.3 Å². The summed E-state index contributed by atoms with van der Waals surface area (Å²) in [5.41, 5.74) is -0.149. The summed E-state index contributed by atoms with van der Waals surface area (Å²) < 4.78 is 0. The molecule has 8 nitrogen and oxygen atoms in total. The zero-order valence-corrected chi connectivity index (χ0v) is 12.6. The summed E-state index contributed by atoms with van der Waals surface area (Å²) in [6.45, 7) is 5.00. The Labute approximate surface area is 125 Å². The maximum Gasteiger partial charge on any atom is 0.329 e. The molecule has 0 unspecified atom stereocenters. The number of nitro groups is 1. The third-order valence-electron chi connectivity index (χ3n) is 2.66. The van der Waals surface area contributed by atoms with Crippen molar-refractivity contribution in [3.05, 3.63) is 32.4 Å². The lowest BCUT2D eigenvalue weighted by Crippen LogP contribution is -2.09. The van der Waals surface area contributed by atoms with E-state index < -0.39 is 4.92 Å². The summed E-state index contributed by atoms with van der Waals surface area (Å²) in [5, 5.41) is 17.8. The van der Waals surface area contributed by atoms with Crippen molar-refractivity contribution in [3.63, 3.8) is 0 Å². The first-order chi connectivity index (χ1) is 10.1. The van der Waals surface area contributed by atoms with Crippen molar-refractivity contribution >= 4 is 28.8 Å². The first-order valence-electron chi connectivity index (χ1n) is 6.56. The monoisotopic (exact) mass is 308 g/mol. The van der Waals surface area contributed by atoms with Crippen LogP contribution in [0, 0.1) is 10.1 Å². The molecule has 0 amide bonds. The van der Waals surface area contributed by atoms with E-state index in [1.807, 2.05) is 13.1 Å². The molecule has 0 bridgehead atoms. The van der Waals surface area contributed by atoms with Crippen molar-refractivity contribution in [1.29, 1.82) is 0 Å². The lowest BCUT2D eigenvalue weighted by atomic mass is 10.4. The zero-order chi connectivity index (χ0) is 15.2. The van der Waals surface area contributed by atoms with Crippen LogP contribution in [0.3, 0.4) is 0 Å². The molecule has 0 aliphatic rings. The van der Waals surface area contributed by atoms with E-state index in [4.69, 9.17) is 0 Å². The van der Waals surface area contributed by atoms with E-state index in [2.05, 4.69) is 32.5 Å². The molecule has 2 aromatic heterocycles. The third-order valence-corrected chi connectivity index (χ3v) is 3.80. The second-order valence-corrected chi connectivity index (χ2v) is 5.34. The fraction of sp³-hybridized carbons (Fsp3) is 0.417. The summed E-state index contributed by atoms with van der Waals surface area (Å²) in [4.78, 5) is 24.0. The molecule has 0 fully saturated rings. The van der Waals surface area contributed by atoms with Crippen LogP contribution < -0.4 is 10.6 Å². The zero-order valence-electron chi connectivity index (χ0n) is 11.8. The van der Waals surface area contributed by atoms with E-state index in [1.165, 1.54) is 11.1 Å². The maximum absolute atomic E-state index is 11.0. The number of nitrogens with zero attached hydrogens (tertiary/aromatic N) is 4. The Balaban J connectivity index is 2.16. The van der Waals surface area contributed by atoms with Crippen molar-refractivity contribution in [2.45, 2.75) is 26.8 Å². The molecular weight excluding hydrogens is 292 g/mol. The van der Waals surface area contributed by atoms with Gasteiger partial charge in [-0.2, -0.15) is 4.98 Å². The summed E-state index contributed by atoms with van der Waals surface area (Å²) in [6.07, 6.45) is 3.95. The molecule has 0 saturated heterocycles. The van der Waals surface area contributed by atoms with E-state index in [-0.39, 0.29) is 11.5 Å². The van der Waals surface area contributed by atoms with Gasteiger partial charge >= 0.3 is 5.69 Å². The van der Waals surface area contributed by atoms with Gasteiger partial charge < -0.3 is 10.6 Å². The average molecular weight is 308 g/mol. The van der Waals surface area contributed by atoms with Gasteiger partial charge in [-0.1, -0.05) is 6.92 Å².